The number of Topliss-reactive ketones (excluding diaryl/α,β-unsaturated/α-hetero) is 1. The van der Waals surface area contributed by atoms with E-state index in [1.54, 1.807) is 36.4 Å². The number of furan rings is 1. The normalized spacial score (nSPS) is 18.4. The molecule has 0 saturated carbocycles. The molecule has 1 N–H and O–H groups in total. The maximum atomic E-state index is 13.2. The Morgan fingerprint density at radius 3 is 2.61 bits per heavy atom. The van der Waals surface area contributed by atoms with E-state index in [1.165, 1.54) is 17.2 Å². The predicted octanol–water partition coefficient (Wildman–Crippen LogP) is 4.70. The summed E-state index contributed by atoms with van der Waals surface area (Å²) in [5.41, 5.74) is -0.151. The number of rotatable bonds is 5. The van der Waals surface area contributed by atoms with Crippen molar-refractivity contribution in [1.29, 1.82) is 0 Å². The molecule has 4 rings (SSSR count). The van der Waals surface area contributed by atoms with Crippen LogP contribution < -0.4 is 4.90 Å². The molecule has 0 aliphatic carbocycles. The number of fused-ring (bicyclic) bond motifs is 1. The summed E-state index contributed by atoms with van der Waals surface area (Å²) in [6, 6.07) is 15.4. The average molecular weight is 461 g/mol. The Bertz CT molecular complexity index is 1050. The zero-order valence-corrected chi connectivity index (χ0v) is 16.9. The highest BCUT2D eigenvalue weighted by atomic mass is 79.9. The summed E-state index contributed by atoms with van der Waals surface area (Å²) in [7, 11) is 0. The average Bonchev–Trinajstić information content (AvgIpc) is 3.27. The molecule has 1 aliphatic rings. The van der Waals surface area contributed by atoms with Gasteiger partial charge in [0.2, 0.25) is 5.78 Å². The molecular formula is C21H15BrClNO4. The monoisotopic (exact) mass is 459 g/mol. The minimum atomic E-state index is -1.96. The number of nitrogens with zero attached hydrogens (tertiary/aromatic N) is 1. The lowest BCUT2D eigenvalue weighted by atomic mass is 9.89. The van der Waals surface area contributed by atoms with Gasteiger partial charge in [-0.05, 0) is 48.0 Å². The van der Waals surface area contributed by atoms with Gasteiger partial charge in [0.1, 0.15) is 0 Å². The molecule has 1 amide bonds. The SMILES string of the molecule is O=C(CC1(O)C(=O)N(Cc2ccc(Cl)cc2)c2ccc(Br)cc21)c1ccco1. The van der Waals surface area contributed by atoms with Crippen molar-refractivity contribution in [2.45, 2.75) is 18.6 Å². The third-order valence-electron chi connectivity index (χ3n) is 4.76. The summed E-state index contributed by atoms with van der Waals surface area (Å²) in [5.74, 6) is -0.885. The van der Waals surface area contributed by atoms with Gasteiger partial charge in [-0.15, -0.1) is 0 Å². The van der Waals surface area contributed by atoms with Gasteiger partial charge in [0, 0.05) is 15.1 Å². The highest BCUT2D eigenvalue weighted by molar-refractivity contribution is 9.10. The summed E-state index contributed by atoms with van der Waals surface area (Å²) in [4.78, 5) is 27.3. The third-order valence-corrected chi connectivity index (χ3v) is 5.51. The third kappa shape index (κ3) is 3.28. The molecule has 142 valence electrons. The molecule has 28 heavy (non-hydrogen) atoms. The number of hydrogen-bond donors (Lipinski definition) is 1. The Morgan fingerprint density at radius 1 is 1.18 bits per heavy atom. The Labute approximate surface area is 174 Å². The Hall–Kier alpha value is -2.41. The van der Waals surface area contributed by atoms with Crippen LogP contribution in [0.15, 0.2) is 69.8 Å². The zero-order valence-electron chi connectivity index (χ0n) is 14.6. The number of halogens is 2. The lowest BCUT2D eigenvalue weighted by Crippen LogP contribution is -2.41. The van der Waals surface area contributed by atoms with Gasteiger partial charge >= 0.3 is 0 Å². The number of carbonyl (C=O) groups is 2. The van der Waals surface area contributed by atoms with E-state index in [2.05, 4.69) is 15.9 Å². The topological polar surface area (TPSA) is 70.8 Å². The number of anilines is 1. The summed E-state index contributed by atoms with van der Waals surface area (Å²) >= 11 is 9.31. The molecule has 2 heterocycles. The maximum Gasteiger partial charge on any atom is 0.264 e. The van der Waals surface area contributed by atoms with Crippen LogP contribution in [0.4, 0.5) is 5.69 Å². The van der Waals surface area contributed by atoms with E-state index in [4.69, 9.17) is 16.0 Å². The quantitative estimate of drug-likeness (QED) is 0.560. The maximum absolute atomic E-state index is 13.2. The number of aliphatic hydroxyl groups is 1. The van der Waals surface area contributed by atoms with Gasteiger partial charge in [0.25, 0.3) is 5.91 Å². The second kappa shape index (κ2) is 7.20. The van der Waals surface area contributed by atoms with Crippen LogP contribution in [0.25, 0.3) is 0 Å². The highest BCUT2D eigenvalue weighted by Gasteiger charge is 2.51. The largest absolute Gasteiger partial charge is 0.461 e. The van der Waals surface area contributed by atoms with Gasteiger partial charge in [0.05, 0.1) is 24.9 Å². The molecule has 0 fully saturated rings. The number of hydrogen-bond acceptors (Lipinski definition) is 4. The first-order valence-electron chi connectivity index (χ1n) is 8.54. The van der Waals surface area contributed by atoms with Crippen molar-refractivity contribution < 1.29 is 19.1 Å². The Balaban J connectivity index is 1.72. The summed E-state index contributed by atoms with van der Waals surface area (Å²) in [5, 5.41) is 11.9. The van der Waals surface area contributed by atoms with Gasteiger partial charge in [-0.25, -0.2) is 0 Å². The molecule has 2 aromatic carbocycles. The first-order chi connectivity index (χ1) is 13.4. The lowest BCUT2D eigenvalue weighted by Gasteiger charge is -2.22. The van der Waals surface area contributed by atoms with Gasteiger partial charge in [-0.2, -0.15) is 0 Å². The van der Waals surface area contributed by atoms with Gasteiger partial charge < -0.3 is 14.4 Å². The molecule has 5 nitrogen and oxygen atoms in total. The van der Waals surface area contributed by atoms with Crippen LogP contribution >= 0.6 is 27.5 Å². The zero-order chi connectivity index (χ0) is 19.9. The van der Waals surface area contributed by atoms with Crippen molar-refractivity contribution in [3.05, 3.63) is 87.2 Å². The fourth-order valence-electron chi connectivity index (χ4n) is 3.38. The van der Waals surface area contributed by atoms with Crippen LogP contribution in [0.5, 0.6) is 0 Å². The van der Waals surface area contributed by atoms with Crippen molar-refractivity contribution in [3.8, 4) is 0 Å². The first kappa shape index (κ1) is 18.9. The van der Waals surface area contributed by atoms with E-state index < -0.39 is 23.7 Å². The highest BCUT2D eigenvalue weighted by Crippen LogP contribution is 2.44. The van der Waals surface area contributed by atoms with Crippen molar-refractivity contribution in [3.63, 3.8) is 0 Å². The van der Waals surface area contributed by atoms with Crippen LogP contribution in [0.2, 0.25) is 5.02 Å². The minimum absolute atomic E-state index is 0.105. The molecule has 3 aromatic rings. The molecule has 1 atom stereocenters. The van der Waals surface area contributed by atoms with E-state index in [9.17, 15) is 14.7 Å². The van der Waals surface area contributed by atoms with E-state index in [-0.39, 0.29) is 12.3 Å². The molecule has 7 heteroatoms. The van der Waals surface area contributed by atoms with Crippen molar-refractivity contribution >= 4 is 44.9 Å². The summed E-state index contributed by atoms with van der Waals surface area (Å²) < 4.78 is 5.83. The van der Waals surface area contributed by atoms with Crippen molar-refractivity contribution in [2.24, 2.45) is 0 Å². The standard InChI is InChI=1S/C21H15BrClNO4/c22-14-5-8-17-16(10-14)21(27,11-18(25)19-2-1-9-28-19)20(26)24(17)12-13-3-6-15(23)7-4-13/h1-10,27H,11-12H2. The second-order valence-electron chi connectivity index (χ2n) is 6.62. The molecule has 0 bridgehead atoms. The number of benzene rings is 2. The number of carbonyl (C=O) groups excluding carboxylic acids is 2. The molecule has 0 spiro atoms. The summed E-state index contributed by atoms with van der Waals surface area (Å²) in [6.45, 7) is 0.252. The van der Waals surface area contributed by atoms with Crippen LogP contribution in [0.3, 0.4) is 0 Å². The molecule has 1 unspecified atom stereocenters. The smallest absolute Gasteiger partial charge is 0.264 e. The molecule has 0 saturated heterocycles. The predicted molar refractivity (Wildman–Crippen MR) is 108 cm³/mol. The second-order valence-corrected chi connectivity index (χ2v) is 7.97. The fourth-order valence-corrected chi connectivity index (χ4v) is 3.87. The van der Waals surface area contributed by atoms with Gasteiger partial charge in [-0.3, -0.25) is 9.59 Å². The van der Waals surface area contributed by atoms with Gasteiger partial charge in [-0.1, -0.05) is 39.7 Å². The number of amides is 1. The minimum Gasteiger partial charge on any atom is -0.461 e. The molecular weight excluding hydrogens is 446 g/mol. The van der Waals surface area contributed by atoms with E-state index in [1.807, 2.05) is 12.1 Å². The van der Waals surface area contributed by atoms with Crippen LogP contribution in [-0.4, -0.2) is 16.8 Å². The van der Waals surface area contributed by atoms with Gasteiger partial charge in [0.15, 0.2) is 11.4 Å². The molecule has 1 aromatic heterocycles. The van der Waals surface area contributed by atoms with E-state index >= 15 is 0 Å². The van der Waals surface area contributed by atoms with E-state index in [0.29, 0.717) is 20.7 Å². The van der Waals surface area contributed by atoms with Crippen molar-refractivity contribution in [1.82, 2.24) is 0 Å². The van der Waals surface area contributed by atoms with E-state index in [0.717, 1.165) is 5.56 Å². The molecule has 0 radical (unpaired) electrons. The molecule has 1 aliphatic heterocycles. The van der Waals surface area contributed by atoms with Crippen molar-refractivity contribution in [2.75, 3.05) is 4.90 Å². The Morgan fingerprint density at radius 2 is 1.93 bits per heavy atom. The Kier molecular flexibility index (Phi) is 4.87. The fraction of sp³-hybridized carbons (Fsp3) is 0.143. The number of ketones is 1. The summed E-state index contributed by atoms with van der Waals surface area (Å²) in [6.07, 6.45) is 0.977. The first-order valence-corrected chi connectivity index (χ1v) is 9.71. The lowest BCUT2D eigenvalue weighted by molar-refractivity contribution is -0.136. The van der Waals surface area contributed by atoms with Crippen LogP contribution in [0.1, 0.15) is 28.1 Å². The van der Waals surface area contributed by atoms with Crippen LogP contribution in [0, 0.1) is 0 Å². The van der Waals surface area contributed by atoms with Crippen LogP contribution in [-0.2, 0) is 16.9 Å².